The Kier molecular flexibility index (Phi) is 6.17. The molecule has 4 nitrogen and oxygen atoms in total. The van der Waals surface area contributed by atoms with E-state index in [1.54, 1.807) is 0 Å². The lowest BCUT2D eigenvalue weighted by Gasteiger charge is -2.22. The monoisotopic (exact) mass is 357 g/mol. The fourth-order valence-electron chi connectivity index (χ4n) is 2.18. The van der Waals surface area contributed by atoms with Crippen molar-refractivity contribution in [3.63, 3.8) is 0 Å². The number of benzene rings is 1. The van der Waals surface area contributed by atoms with E-state index in [1.807, 2.05) is 6.92 Å². The van der Waals surface area contributed by atoms with E-state index in [-0.39, 0.29) is 11.8 Å². The van der Waals surface area contributed by atoms with Gasteiger partial charge in [-0.1, -0.05) is 19.8 Å². The smallest absolute Gasteiger partial charge is 0.421 e. The van der Waals surface area contributed by atoms with Crippen LogP contribution in [0.2, 0.25) is 0 Å². The first-order valence-electron chi connectivity index (χ1n) is 7.89. The van der Waals surface area contributed by atoms with Crippen LogP contribution < -0.4 is 9.64 Å². The Labute approximate surface area is 143 Å². The van der Waals surface area contributed by atoms with Crippen LogP contribution in [-0.2, 0) is 6.18 Å². The molecule has 1 aromatic carbocycles. The summed E-state index contributed by atoms with van der Waals surface area (Å²) in [6.07, 6.45) is -1.20. The van der Waals surface area contributed by atoms with Crippen molar-refractivity contribution in [2.75, 3.05) is 18.6 Å². The first-order valence-corrected chi connectivity index (χ1v) is 7.89. The van der Waals surface area contributed by atoms with Gasteiger partial charge in [-0.05, 0) is 30.7 Å². The van der Waals surface area contributed by atoms with E-state index in [0.29, 0.717) is 18.5 Å². The number of hydrogen-bond acceptors (Lipinski definition) is 4. The summed E-state index contributed by atoms with van der Waals surface area (Å²) < 4.78 is 58.2. The van der Waals surface area contributed by atoms with E-state index < -0.39 is 17.6 Å². The molecule has 0 aliphatic heterocycles. The van der Waals surface area contributed by atoms with Crippen LogP contribution in [-0.4, -0.2) is 23.6 Å². The molecule has 2 rings (SSSR count). The predicted octanol–water partition coefficient (Wildman–Crippen LogP) is 4.97. The lowest BCUT2D eigenvalue weighted by molar-refractivity contribution is -0.137. The van der Waals surface area contributed by atoms with Gasteiger partial charge in [-0.2, -0.15) is 18.2 Å². The van der Waals surface area contributed by atoms with E-state index in [4.69, 9.17) is 4.74 Å². The third-order valence-electron chi connectivity index (χ3n) is 3.56. The minimum Gasteiger partial charge on any atom is -0.463 e. The molecule has 1 heterocycles. The van der Waals surface area contributed by atoms with Crippen molar-refractivity contribution in [2.45, 2.75) is 32.4 Å². The third kappa shape index (κ3) is 5.04. The minimum atomic E-state index is -4.62. The average molecular weight is 357 g/mol. The molecule has 0 amide bonds. The molecule has 0 aliphatic carbocycles. The summed E-state index contributed by atoms with van der Waals surface area (Å²) in [7, 11) is 1.42. The SMILES string of the molecule is CCCCCOc1ncc(C(F)(F)F)c(N(C)c2ccc(F)cc2)n1. The van der Waals surface area contributed by atoms with Crippen LogP contribution in [0.15, 0.2) is 30.5 Å². The zero-order valence-electron chi connectivity index (χ0n) is 14.0. The molecular formula is C17H19F4N3O. The summed E-state index contributed by atoms with van der Waals surface area (Å²) in [6.45, 7) is 2.36. The molecule has 2 aromatic rings. The highest BCUT2D eigenvalue weighted by Crippen LogP contribution is 2.37. The summed E-state index contributed by atoms with van der Waals surface area (Å²) in [5, 5.41) is 0. The van der Waals surface area contributed by atoms with Gasteiger partial charge in [0.15, 0.2) is 5.82 Å². The number of unbranched alkanes of at least 4 members (excludes halogenated alkanes) is 2. The molecule has 0 saturated heterocycles. The summed E-state index contributed by atoms with van der Waals surface area (Å²) in [6, 6.07) is 4.97. The Morgan fingerprint density at radius 1 is 1.12 bits per heavy atom. The van der Waals surface area contributed by atoms with Crippen molar-refractivity contribution < 1.29 is 22.3 Å². The first kappa shape index (κ1) is 19.0. The van der Waals surface area contributed by atoms with Gasteiger partial charge in [0.2, 0.25) is 0 Å². The van der Waals surface area contributed by atoms with Gasteiger partial charge in [0.1, 0.15) is 11.4 Å². The predicted molar refractivity (Wildman–Crippen MR) is 86.5 cm³/mol. The summed E-state index contributed by atoms with van der Waals surface area (Å²) in [5.74, 6) is -0.824. The van der Waals surface area contributed by atoms with Gasteiger partial charge >= 0.3 is 12.2 Å². The number of alkyl halides is 3. The van der Waals surface area contributed by atoms with Crippen molar-refractivity contribution in [1.29, 1.82) is 0 Å². The fraction of sp³-hybridized carbons (Fsp3) is 0.412. The molecule has 1 aromatic heterocycles. The molecule has 0 atom stereocenters. The molecule has 0 unspecified atom stereocenters. The number of ether oxygens (including phenoxy) is 1. The van der Waals surface area contributed by atoms with E-state index in [0.717, 1.165) is 19.3 Å². The van der Waals surface area contributed by atoms with Crippen LogP contribution in [0, 0.1) is 5.82 Å². The molecule has 0 radical (unpaired) electrons. The maximum absolute atomic E-state index is 13.3. The minimum absolute atomic E-state index is 0.118. The van der Waals surface area contributed by atoms with Crippen LogP contribution in [0.4, 0.5) is 29.1 Å². The van der Waals surface area contributed by atoms with Crippen LogP contribution in [0.3, 0.4) is 0 Å². The number of hydrogen-bond donors (Lipinski definition) is 0. The number of rotatable bonds is 7. The van der Waals surface area contributed by atoms with Gasteiger partial charge in [0, 0.05) is 18.9 Å². The Bertz CT molecular complexity index is 689. The van der Waals surface area contributed by atoms with Crippen molar-refractivity contribution in [3.05, 3.63) is 41.8 Å². The Morgan fingerprint density at radius 3 is 2.40 bits per heavy atom. The highest BCUT2D eigenvalue weighted by atomic mass is 19.4. The quantitative estimate of drug-likeness (QED) is 0.518. The van der Waals surface area contributed by atoms with E-state index >= 15 is 0 Å². The third-order valence-corrected chi connectivity index (χ3v) is 3.56. The molecular weight excluding hydrogens is 338 g/mol. The molecule has 0 aliphatic rings. The number of aromatic nitrogens is 2. The fourth-order valence-corrected chi connectivity index (χ4v) is 2.18. The van der Waals surface area contributed by atoms with Gasteiger partial charge in [-0.15, -0.1) is 0 Å². The highest BCUT2D eigenvalue weighted by molar-refractivity contribution is 5.62. The van der Waals surface area contributed by atoms with Crippen LogP contribution in [0.5, 0.6) is 6.01 Å². The maximum Gasteiger partial charge on any atom is 0.421 e. The summed E-state index contributed by atoms with van der Waals surface area (Å²) in [5.41, 5.74) is -0.622. The van der Waals surface area contributed by atoms with Gasteiger partial charge in [-0.3, -0.25) is 0 Å². The first-order chi connectivity index (χ1) is 11.8. The molecule has 136 valence electrons. The normalized spacial score (nSPS) is 11.4. The molecule has 0 bridgehead atoms. The number of halogens is 4. The molecule has 0 spiro atoms. The molecule has 25 heavy (non-hydrogen) atoms. The summed E-state index contributed by atoms with van der Waals surface area (Å²) in [4.78, 5) is 8.79. The van der Waals surface area contributed by atoms with Crippen LogP contribution in [0.25, 0.3) is 0 Å². The standard InChI is InChI=1S/C17H19F4N3O/c1-3-4-5-10-25-16-22-11-14(17(19,20)21)15(23-16)24(2)13-8-6-12(18)7-9-13/h6-9,11H,3-5,10H2,1-2H3. The largest absolute Gasteiger partial charge is 0.463 e. The van der Waals surface area contributed by atoms with Gasteiger partial charge in [-0.25, -0.2) is 9.37 Å². The highest BCUT2D eigenvalue weighted by Gasteiger charge is 2.36. The zero-order chi connectivity index (χ0) is 18.4. The topological polar surface area (TPSA) is 38.2 Å². The number of anilines is 2. The van der Waals surface area contributed by atoms with E-state index in [9.17, 15) is 17.6 Å². The van der Waals surface area contributed by atoms with Crippen molar-refractivity contribution in [3.8, 4) is 6.01 Å². The molecule has 8 heteroatoms. The van der Waals surface area contributed by atoms with Gasteiger partial charge in [0.25, 0.3) is 0 Å². The van der Waals surface area contributed by atoms with Gasteiger partial charge in [0.05, 0.1) is 6.61 Å². The second-order valence-corrected chi connectivity index (χ2v) is 5.48. The van der Waals surface area contributed by atoms with Crippen molar-refractivity contribution >= 4 is 11.5 Å². The Hall–Kier alpha value is -2.38. The van der Waals surface area contributed by atoms with Gasteiger partial charge < -0.3 is 9.64 Å². The van der Waals surface area contributed by atoms with Crippen molar-refractivity contribution in [2.24, 2.45) is 0 Å². The van der Waals surface area contributed by atoms with Crippen LogP contribution >= 0.6 is 0 Å². The average Bonchev–Trinajstić information content (AvgIpc) is 2.58. The van der Waals surface area contributed by atoms with Crippen LogP contribution in [0.1, 0.15) is 31.7 Å². The molecule has 0 fully saturated rings. The number of nitrogens with zero attached hydrogens (tertiary/aromatic N) is 3. The maximum atomic E-state index is 13.3. The van der Waals surface area contributed by atoms with E-state index in [2.05, 4.69) is 9.97 Å². The zero-order valence-corrected chi connectivity index (χ0v) is 14.0. The second kappa shape index (κ2) is 8.13. The lowest BCUT2D eigenvalue weighted by Crippen LogP contribution is -2.19. The lowest BCUT2D eigenvalue weighted by atomic mass is 10.2. The Balaban J connectivity index is 2.32. The molecule has 0 N–H and O–H groups in total. The summed E-state index contributed by atoms with van der Waals surface area (Å²) >= 11 is 0. The Morgan fingerprint density at radius 2 is 1.80 bits per heavy atom. The molecule has 0 saturated carbocycles. The second-order valence-electron chi connectivity index (χ2n) is 5.48. The van der Waals surface area contributed by atoms with E-state index in [1.165, 1.54) is 36.2 Å². The van der Waals surface area contributed by atoms with Crippen molar-refractivity contribution in [1.82, 2.24) is 9.97 Å².